The van der Waals surface area contributed by atoms with Crippen LogP contribution in [0.3, 0.4) is 0 Å². The predicted octanol–water partition coefficient (Wildman–Crippen LogP) is 3.73. The summed E-state index contributed by atoms with van der Waals surface area (Å²) in [7, 11) is 1.61. The van der Waals surface area contributed by atoms with Crippen LogP contribution in [0.1, 0.15) is 28.4 Å². The highest BCUT2D eigenvalue weighted by molar-refractivity contribution is 5.42. The molecule has 21 heavy (non-hydrogen) atoms. The van der Waals surface area contributed by atoms with Crippen LogP contribution >= 0.6 is 0 Å². The zero-order valence-electron chi connectivity index (χ0n) is 13.0. The van der Waals surface area contributed by atoms with Crippen molar-refractivity contribution in [3.05, 3.63) is 58.7 Å². The summed E-state index contributed by atoms with van der Waals surface area (Å²) in [6, 6.07) is 11.5. The van der Waals surface area contributed by atoms with Crippen molar-refractivity contribution in [2.75, 3.05) is 13.7 Å². The van der Waals surface area contributed by atoms with Gasteiger partial charge in [-0.25, -0.2) is 0 Å². The molecule has 0 fully saturated rings. The Morgan fingerprint density at radius 2 is 1.86 bits per heavy atom. The van der Waals surface area contributed by atoms with Gasteiger partial charge in [-0.2, -0.15) is 0 Å². The Hall–Kier alpha value is -2.00. The first-order valence-electron chi connectivity index (χ1n) is 7.04. The Bertz CT molecular complexity index is 620. The minimum absolute atomic E-state index is 0.219. The smallest absolute Gasteiger partial charge is 0.122 e. The average Bonchev–Trinajstić information content (AvgIpc) is 2.49. The average molecular weight is 286 g/mol. The molecule has 0 aromatic heterocycles. The summed E-state index contributed by atoms with van der Waals surface area (Å²) in [5, 5.41) is 10.3. The SMILES string of the molecule is COc1cccc(C(O)COc2cc(C)cc(C)c2C)c1. The number of benzene rings is 2. The number of aliphatic hydroxyl groups is 1. The largest absolute Gasteiger partial charge is 0.497 e. The minimum Gasteiger partial charge on any atom is -0.497 e. The third-order valence-corrected chi connectivity index (χ3v) is 3.64. The molecule has 0 bridgehead atoms. The normalized spacial score (nSPS) is 12.0. The van der Waals surface area contributed by atoms with Crippen molar-refractivity contribution in [1.82, 2.24) is 0 Å². The van der Waals surface area contributed by atoms with Crippen LogP contribution in [0.25, 0.3) is 0 Å². The lowest BCUT2D eigenvalue weighted by Gasteiger charge is -2.16. The molecule has 112 valence electrons. The topological polar surface area (TPSA) is 38.7 Å². The highest BCUT2D eigenvalue weighted by atomic mass is 16.5. The van der Waals surface area contributed by atoms with Crippen LogP contribution in [0.5, 0.6) is 11.5 Å². The van der Waals surface area contributed by atoms with E-state index >= 15 is 0 Å². The van der Waals surface area contributed by atoms with Crippen molar-refractivity contribution in [3.8, 4) is 11.5 Å². The molecular formula is C18H22O3. The summed E-state index contributed by atoms with van der Waals surface area (Å²) < 4.78 is 11.0. The number of aliphatic hydroxyl groups excluding tert-OH is 1. The van der Waals surface area contributed by atoms with E-state index in [0.29, 0.717) is 0 Å². The molecule has 0 amide bonds. The number of rotatable bonds is 5. The maximum absolute atomic E-state index is 10.3. The zero-order chi connectivity index (χ0) is 15.4. The summed E-state index contributed by atoms with van der Waals surface area (Å²) >= 11 is 0. The van der Waals surface area contributed by atoms with Crippen LogP contribution < -0.4 is 9.47 Å². The van der Waals surface area contributed by atoms with Crippen LogP contribution in [-0.4, -0.2) is 18.8 Å². The molecule has 0 aliphatic carbocycles. The van der Waals surface area contributed by atoms with Gasteiger partial charge in [0.25, 0.3) is 0 Å². The van der Waals surface area contributed by atoms with Crippen LogP contribution in [0.2, 0.25) is 0 Å². The monoisotopic (exact) mass is 286 g/mol. The fourth-order valence-electron chi connectivity index (χ4n) is 2.26. The fraction of sp³-hybridized carbons (Fsp3) is 0.333. The maximum atomic E-state index is 10.3. The van der Waals surface area contributed by atoms with Gasteiger partial charge in [0, 0.05) is 0 Å². The summed E-state index contributed by atoms with van der Waals surface area (Å²) in [5.74, 6) is 1.56. The second-order valence-electron chi connectivity index (χ2n) is 5.31. The van der Waals surface area contributed by atoms with E-state index in [-0.39, 0.29) is 6.61 Å². The number of aryl methyl sites for hydroxylation is 2. The molecule has 3 nitrogen and oxygen atoms in total. The van der Waals surface area contributed by atoms with Gasteiger partial charge in [0.2, 0.25) is 0 Å². The number of ether oxygens (including phenoxy) is 2. The van der Waals surface area contributed by atoms with Crippen LogP contribution in [0.4, 0.5) is 0 Å². The van der Waals surface area contributed by atoms with Gasteiger partial charge in [-0.05, 0) is 61.2 Å². The molecule has 1 atom stereocenters. The second-order valence-corrected chi connectivity index (χ2v) is 5.31. The molecule has 0 aliphatic heterocycles. The lowest BCUT2D eigenvalue weighted by molar-refractivity contribution is 0.107. The van der Waals surface area contributed by atoms with Crippen molar-refractivity contribution in [2.24, 2.45) is 0 Å². The molecule has 0 radical (unpaired) electrons. The molecule has 2 aromatic carbocycles. The van der Waals surface area contributed by atoms with E-state index in [9.17, 15) is 5.11 Å². The first-order chi connectivity index (χ1) is 10.0. The molecule has 1 N–H and O–H groups in total. The Balaban J connectivity index is 2.09. The first kappa shape index (κ1) is 15.4. The number of hydrogen-bond acceptors (Lipinski definition) is 3. The van der Waals surface area contributed by atoms with E-state index in [4.69, 9.17) is 9.47 Å². The van der Waals surface area contributed by atoms with Crippen molar-refractivity contribution >= 4 is 0 Å². The molecule has 0 heterocycles. The number of hydrogen-bond donors (Lipinski definition) is 1. The van der Waals surface area contributed by atoms with E-state index in [0.717, 1.165) is 28.2 Å². The number of methoxy groups -OCH3 is 1. The third kappa shape index (κ3) is 3.76. The van der Waals surface area contributed by atoms with Gasteiger partial charge in [0.05, 0.1) is 7.11 Å². The summed E-state index contributed by atoms with van der Waals surface area (Å²) in [6.45, 7) is 6.35. The molecule has 0 saturated heterocycles. The molecule has 2 aromatic rings. The highest BCUT2D eigenvalue weighted by Crippen LogP contribution is 2.25. The van der Waals surface area contributed by atoms with Crippen LogP contribution in [0, 0.1) is 20.8 Å². The minimum atomic E-state index is -0.680. The maximum Gasteiger partial charge on any atom is 0.122 e. The van der Waals surface area contributed by atoms with Crippen LogP contribution in [-0.2, 0) is 0 Å². The van der Waals surface area contributed by atoms with Gasteiger partial charge in [0.15, 0.2) is 0 Å². The predicted molar refractivity (Wildman–Crippen MR) is 84.1 cm³/mol. The van der Waals surface area contributed by atoms with E-state index in [1.165, 1.54) is 5.56 Å². The van der Waals surface area contributed by atoms with Gasteiger partial charge < -0.3 is 14.6 Å². The zero-order valence-corrected chi connectivity index (χ0v) is 13.0. The second kappa shape index (κ2) is 6.64. The van der Waals surface area contributed by atoms with Gasteiger partial charge in [0.1, 0.15) is 24.2 Å². The van der Waals surface area contributed by atoms with Crippen LogP contribution in [0.15, 0.2) is 36.4 Å². The van der Waals surface area contributed by atoms with Gasteiger partial charge in [-0.1, -0.05) is 18.2 Å². The van der Waals surface area contributed by atoms with E-state index in [2.05, 4.69) is 13.0 Å². The van der Waals surface area contributed by atoms with Crippen molar-refractivity contribution < 1.29 is 14.6 Å². The Morgan fingerprint density at radius 1 is 1.10 bits per heavy atom. The quantitative estimate of drug-likeness (QED) is 0.910. The van der Waals surface area contributed by atoms with Crippen molar-refractivity contribution in [3.63, 3.8) is 0 Å². The third-order valence-electron chi connectivity index (χ3n) is 3.64. The Kier molecular flexibility index (Phi) is 4.86. The molecule has 2 rings (SSSR count). The molecule has 0 aliphatic rings. The lowest BCUT2D eigenvalue weighted by Crippen LogP contribution is -2.10. The van der Waals surface area contributed by atoms with E-state index in [1.807, 2.05) is 44.2 Å². The highest BCUT2D eigenvalue weighted by Gasteiger charge is 2.11. The lowest BCUT2D eigenvalue weighted by atomic mass is 10.1. The molecule has 0 spiro atoms. The van der Waals surface area contributed by atoms with Crippen molar-refractivity contribution in [1.29, 1.82) is 0 Å². The van der Waals surface area contributed by atoms with Crippen molar-refractivity contribution in [2.45, 2.75) is 26.9 Å². The van der Waals surface area contributed by atoms with E-state index < -0.39 is 6.10 Å². The summed E-state index contributed by atoms with van der Waals surface area (Å²) in [6.07, 6.45) is -0.680. The van der Waals surface area contributed by atoms with Gasteiger partial charge in [-0.3, -0.25) is 0 Å². The summed E-state index contributed by atoms with van der Waals surface area (Å²) in [5.41, 5.74) is 4.25. The molecule has 1 unspecified atom stereocenters. The summed E-state index contributed by atoms with van der Waals surface area (Å²) in [4.78, 5) is 0. The standard InChI is InChI=1S/C18H22O3/c1-12-8-13(2)14(3)18(9-12)21-11-17(19)15-6-5-7-16(10-15)20-4/h5-10,17,19H,11H2,1-4H3. The Morgan fingerprint density at radius 3 is 2.57 bits per heavy atom. The van der Waals surface area contributed by atoms with Gasteiger partial charge >= 0.3 is 0 Å². The Labute approximate surface area is 126 Å². The molecule has 0 saturated carbocycles. The van der Waals surface area contributed by atoms with Gasteiger partial charge in [-0.15, -0.1) is 0 Å². The van der Waals surface area contributed by atoms with E-state index in [1.54, 1.807) is 7.11 Å². The molecule has 3 heteroatoms. The fourth-order valence-corrected chi connectivity index (χ4v) is 2.26. The molecular weight excluding hydrogens is 264 g/mol. The first-order valence-corrected chi connectivity index (χ1v) is 7.04.